The first-order valence-electron chi connectivity index (χ1n) is 9.44. The monoisotopic (exact) mass is 380 g/mol. The summed E-state index contributed by atoms with van der Waals surface area (Å²) in [7, 11) is 0. The van der Waals surface area contributed by atoms with Crippen molar-refractivity contribution in [2.24, 2.45) is 0 Å². The number of rotatable bonds is 5. The summed E-state index contributed by atoms with van der Waals surface area (Å²) in [6.07, 6.45) is 0.826. The van der Waals surface area contributed by atoms with E-state index in [2.05, 4.69) is 51.7 Å². The number of carbonyl (C=O) groups excluding carboxylic acids is 1. The van der Waals surface area contributed by atoms with Crippen molar-refractivity contribution in [1.82, 2.24) is 15.1 Å². The lowest BCUT2D eigenvalue weighted by Gasteiger charge is -2.36. The van der Waals surface area contributed by atoms with E-state index >= 15 is 0 Å². The number of aromatic amines is 1. The van der Waals surface area contributed by atoms with Crippen molar-refractivity contribution in [2.75, 3.05) is 31.1 Å². The van der Waals surface area contributed by atoms with Gasteiger partial charge in [-0.15, -0.1) is 11.3 Å². The molecule has 2 aromatic heterocycles. The van der Waals surface area contributed by atoms with Crippen LogP contribution in [0.5, 0.6) is 0 Å². The fourth-order valence-electron chi connectivity index (χ4n) is 3.65. The van der Waals surface area contributed by atoms with Crippen LogP contribution in [-0.4, -0.2) is 47.2 Å². The molecule has 27 heavy (non-hydrogen) atoms. The molecule has 0 spiro atoms. The highest BCUT2D eigenvalue weighted by atomic mass is 32.1. The lowest BCUT2D eigenvalue weighted by Crippen LogP contribution is -2.50. The molecule has 4 rings (SSSR count). The van der Waals surface area contributed by atoms with Gasteiger partial charge in [0.15, 0.2) is 5.82 Å². The minimum absolute atomic E-state index is 0.0476. The maximum absolute atomic E-state index is 13.0. The fourth-order valence-corrected chi connectivity index (χ4v) is 4.34. The lowest BCUT2D eigenvalue weighted by atomic mass is 9.95. The van der Waals surface area contributed by atoms with Crippen LogP contribution >= 0.6 is 11.3 Å². The molecule has 1 aliphatic heterocycles. The predicted molar refractivity (Wildman–Crippen MR) is 110 cm³/mol. The van der Waals surface area contributed by atoms with Gasteiger partial charge >= 0.3 is 0 Å². The third-order valence-electron chi connectivity index (χ3n) is 5.17. The number of thiophene rings is 1. The lowest BCUT2D eigenvalue weighted by molar-refractivity contribution is -0.133. The summed E-state index contributed by atoms with van der Waals surface area (Å²) in [6, 6.07) is 16.3. The molecule has 1 N–H and O–H groups in total. The second-order valence-corrected chi connectivity index (χ2v) is 7.75. The zero-order valence-electron chi connectivity index (χ0n) is 15.5. The normalized spacial score (nSPS) is 15.7. The molecule has 140 valence electrons. The maximum Gasteiger partial charge on any atom is 0.230 e. The highest BCUT2D eigenvalue weighted by Crippen LogP contribution is 2.27. The van der Waals surface area contributed by atoms with E-state index in [4.69, 9.17) is 0 Å². The zero-order valence-corrected chi connectivity index (χ0v) is 16.3. The van der Waals surface area contributed by atoms with Gasteiger partial charge in [0.2, 0.25) is 5.91 Å². The van der Waals surface area contributed by atoms with E-state index in [0.29, 0.717) is 0 Å². The number of nitrogens with one attached hydrogen (secondary N) is 1. The van der Waals surface area contributed by atoms with Crippen molar-refractivity contribution in [1.29, 1.82) is 0 Å². The Labute approximate surface area is 163 Å². The quantitative estimate of drug-likeness (QED) is 0.728. The van der Waals surface area contributed by atoms with Gasteiger partial charge in [0.05, 0.1) is 16.5 Å². The number of hydrogen-bond acceptors (Lipinski definition) is 4. The number of anilines is 1. The van der Waals surface area contributed by atoms with Crippen LogP contribution < -0.4 is 4.90 Å². The van der Waals surface area contributed by atoms with E-state index in [1.807, 2.05) is 29.2 Å². The smallest absolute Gasteiger partial charge is 0.230 e. The van der Waals surface area contributed by atoms with Crippen LogP contribution in [0.25, 0.3) is 10.6 Å². The molecular weight excluding hydrogens is 356 g/mol. The average molecular weight is 381 g/mol. The Morgan fingerprint density at radius 1 is 1.15 bits per heavy atom. The van der Waals surface area contributed by atoms with Gasteiger partial charge in [0.1, 0.15) is 0 Å². The SMILES string of the molecule is CCC(C(=O)N1CCN(c2cc(-c3cccs3)[nH]n2)CC1)c1ccccc1. The molecule has 0 bridgehead atoms. The number of benzene rings is 1. The number of amides is 1. The first-order valence-corrected chi connectivity index (χ1v) is 10.3. The fraction of sp³-hybridized carbons (Fsp3) is 0.333. The molecular formula is C21H24N4OS. The molecule has 3 heterocycles. The maximum atomic E-state index is 13.0. The average Bonchev–Trinajstić information content (AvgIpc) is 3.41. The summed E-state index contributed by atoms with van der Waals surface area (Å²) in [4.78, 5) is 18.5. The molecule has 0 saturated carbocycles. The second kappa shape index (κ2) is 7.96. The van der Waals surface area contributed by atoms with Crippen molar-refractivity contribution in [3.8, 4) is 10.6 Å². The van der Waals surface area contributed by atoms with Gasteiger partial charge in [-0.1, -0.05) is 43.3 Å². The van der Waals surface area contributed by atoms with Gasteiger partial charge in [-0.3, -0.25) is 9.89 Å². The number of H-pyrrole nitrogens is 1. The van der Waals surface area contributed by atoms with Crippen LogP contribution in [-0.2, 0) is 4.79 Å². The molecule has 0 aliphatic carbocycles. The Hall–Kier alpha value is -2.60. The van der Waals surface area contributed by atoms with E-state index in [-0.39, 0.29) is 11.8 Å². The number of hydrogen-bond donors (Lipinski definition) is 1. The first kappa shape index (κ1) is 17.8. The van der Waals surface area contributed by atoms with Crippen molar-refractivity contribution in [2.45, 2.75) is 19.3 Å². The molecule has 1 unspecified atom stereocenters. The summed E-state index contributed by atoms with van der Waals surface area (Å²) in [5, 5.41) is 9.66. The van der Waals surface area contributed by atoms with Gasteiger partial charge in [-0.2, -0.15) is 5.10 Å². The molecule has 1 aliphatic rings. The third-order valence-corrected chi connectivity index (χ3v) is 6.08. The van der Waals surface area contributed by atoms with Gasteiger partial charge in [-0.25, -0.2) is 0 Å². The summed E-state index contributed by atoms with van der Waals surface area (Å²) >= 11 is 1.70. The molecule has 0 radical (unpaired) electrons. The highest BCUT2D eigenvalue weighted by molar-refractivity contribution is 7.13. The summed E-state index contributed by atoms with van der Waals surface area (Å²) in [5.74, 6) is 1.15. The van der Waals surface area contributed by atoms with Crippen molar-refractivity contribution in [3.05, 3.63) is 59.5 Å². The third kappa shape index (κ3) is 3.76. The largest absolute Gasteiger partial charge is 0.352 e. The van der Waals surface area contributed by atoms with E-state index in [1.54, 1.807) is 11.3 Å². The van der Waals surface area contributed by atoms with Gasteiger partial charge in [-0.05, 0) is 23.4 Å². The molecule has 3 aromatic rings. The highest BCUT2D eigenvalue weighted by Gasteiger charge is 2.28. The van der Waals surface area contributed by atoms with E-state index in [1.165, 1.54) is 4.88 Å². The van der Waals surface area contributed by atoms with Crippen LogP contribution in [0.2, 0.25) is 0 Å². The Morgan fingerprint density at radius 2 is 1.93 bits per heavy atom. The van der Waals surface area contributed by atoms with Crippen molar-refractivity contribution in [3.63, 3.8) is 0 Å². The van der Waals surface area contributed by atoms with E-state index in [9.17, 15) is 4.79 Å². The van der Waals surface area contributed by atoms with Crippen molar-refractivity contribution >= 4 is 23.1 Å². The zero-order chi connectivity index (χ0) is 18.6. The molecule has 1 amide bonds. The van der Waals surface area contributed by atoms with Crippen molar-refractivity contribution < 1.29 is 4.79 Å². The van der Waals surface area contributed by atoms with E-state index < -0.39 is 0 Å². The predicted octanol–water partition coefficient (Wildman–Crippen LogP) is 3.98. The number of carbonyl (C=O) groups is 1. The minimum Gasteiger partial charge on any atom is -0.352 e. The van der Waals surface area contributed by atoms with E-state index in [0.717, 1.165) is 49.7 Å². The van der Waals surface area contributed by atoms with Crippen LogP contribution in [0.1, 0.15) is 24.8 Å². The number of aromatic nitrogens is 2. The Kier molecular flexibility index (Phi) is 5.25. The molecule has 1 saturated heterocycles. The van der Waals surface area contributed by atoms with Crippen LogP contribution in [0, 0.1) is 0 Å². The molecule has 6 heteroatoms. The topological polar surface area (TPSA) is 52.2 Å². The summed E-state index contributed by atoms with van der Waals surface area (Å²) in [5.41, 5.74) is 2.16. The standard InChI is InChI=1S/C21H24N4OS/c1-2-17(16-7-4-3-5-8-16)21(26)25-12-10-24(11-13-25)20-15-18(22-23-20)19-9-6-14-27-19/h3-9,14-15,17H,2,10-13H2,1H3,(H,22,23). The number of piperazine rings is 1. The Morgan fingerprint density at radius 3 is 2.59 bits per heavy atom. The van der Waals surface area contributed by atoms with Crippen LogP contribution in [0.3, 0.4) is 0 Å². The molecule has 1 atom stereocenters. The summed E-state index contributed by atoms with van der Waals surface area (Å²) < 4.78 is 0. The van der Waals surface area contributed by atoms with Gasteiger partial charge in [0, 0.05) is 32.2 Å². The van der Waals surface area contributed by atoms with Gasteiger partial charge < -0.3 is 9.80 Å². The van der Waals surface area contributed by atoms with Crippen LogP contribution in [0.4, 0.5) is 5.82 Å². The first-order chi connectivity index (χ1) is 13.3. The second-order valence-electron chi connectivity index (χ2n) is 6.80. The van der Waals surface area contributed by atoms with Gasteiger partial charge in [0.25, 0.3) is 0 Å². The Bertz CT molecular complexity index is 867. The summed E-state index contributed by atoms with van der Waals surface area (Å²) in [6.45, 7) is 5.19. The molecule has 5 nitrogen and oxygen atoms in total. The molecule has 1 aromatic carbocycles. The number of nitrogens with zero attached hydrogens (tertiary/aromatic N) is 3. The molecule has 1 fully saturated rings. The van der Waals surface area contributed by atoms with Crippen LogP contribution in [0.15, 0.2) is 53.9 Å². The Balaban J connectivity index is 1.39. The minimum atomic E-state index is -0.0476.